The van der Waals surface area contributed by atoms with Gasteiger partial charge in [-0.2, -0.15) is 0 Å². The van der Waals surface area contributed by atoms with Crippen LogP contribution in [0, 0.1) is 6.92 Å². The van der Waals surface area contributed by atoms with Gasteiger partial charge >= 0.3 is 0 Å². The third-order valence-electron chi connectivity index (χ3n) is 3.40. The number of rotatable bonds is 8. The smallest absolute Gasteiger partial charge is 0.240 e. The summed E-state index contributed by atoms with van der Waals surface area (Å²) >= 11 is 0. The van der Waals surface area contributed by atoms with Crippen LogP contribution in [0.3, 0.4) is 0 Å². The Labute approximate surface area is 122 Å². The van der Waals surface area contributed by atoms with Gasteiger partial charge in [-0.25, -0.2) is 13.1 Å². The Balaban J connectivity index is 2.78. The standard InChI is InChI=1S/C15H25NO3S/c1-4-5-6-7-13(3)16-20(18,19)15-9-8-12(2)14(10-15)11-17/h8-10,13,16-17H,4-7,11H2,1-3H3. The molecule has 5 heteroatoms. The summed E-state index contributed by atoms with van der Waals surface area (Å²) in [5, 5.41) is 9.22. The molecule has 0 radical (unpaired) electrons. The zero-order chi connectivity index (χ0) is 15.2. The van der Waals surface area contributed by atoms with E-state index in [0.29, 0.717) is 5.56 Å². The van der Waals surface area contributed by atoms with Crippen molar-refractivity contribution < 1.29 is 13.5 Å². The molecule has 0 aliphatic rings. The van der Waals surface area contributed by atoms with Crippen molar-refractivity contribution in [1.29, 1.82) is 0 Å². The number of aliphatic hydroxyl groups is 1. The summed E-state index contributed by atoms with van der Waals surface area (Å²) in [6.07, 6.45) is 4.10. The number of hydrogen-bond donors (Lipinski definition) is 2. The largest absolute Gasteiger partial charge is 0.392 e. The first kappa shape index (κ1) is 17.1. The molecule has 0 aliphatic carbocycles. The van der Waals surface area contributed by atoms with Gasteiger partial charge in [0.1, 0.15) is 0 Å². The van der Waals surface area contributed by atoms with E-state index in [2.05, 4.69) is 11.6 Å². The molecule has 0 amide bonds. The number of nitrogens with one attached hydrogen (secondary N) is 1. The highest BCUT2D eigenvalue weighted by Crippen LogP contribution is 2.16. The molecule has 20 heavy (non-hydrogen) atoms. The van der Waals surface area contributed by atoms with Crippen molar-refractivity contribution in [2.75, 3.05) is 0 Å². The van der Waals surface area contributed by atoms with Crippen LogP contribution >= 0.6 is 0 Å². The Morgan fingerprint density at radius 2 is 2.00 bits per heavy atom. The predicted octanol–water partition coefficient (Wildman–Crippen LogP) is 2.73. The summed E-state index contributed by atoms with van der Waals surface area (Å²) in [5.41, 5.74) is 1.54. The van der Waals surface area contributed by atoms with Crippen molar-refractivity contribution in [3.05, 3.63) is 29.3 Å². The molecule has 0 bridgehead atoms. The van der Waals surface area contributed by atoms with E-state index in [4.69, 9.17) is 0 Å². The maximum Gasteiger partial charge on any atom is 0.240 e. The summed E-state index contributed by atoms with van der Waals surface area (Å²) < 4.78 is 27.2. The molecule has 0 fully saturated rings. The van der Waals surface area contributed by atoms with Gasteiger partial charge in [0.05, 0.1) is 11.5 Å². The number of sulfonamides is 1. The minimum atomic E-state index is -3.51. The molecule has 0 aromatic heterocycles. The van der Waals surface area contributed by atoms with Gasteiger partial charge in [0, 0.05) is 6.04 Å². The second-order valence-corrected chi connectivity index (χ2v) is 6.98. The van der Waals surface area contributed by atoms with E-state index in [1.54, 1.807) is 12.1 Å². The number of unbranched alkanes of at least 4 members (excludes halogenated alkanes) is 2. The molecule has 1 aromatic carbocycles. The monoisotopic (exact) mass is 299 g/mol. The quantitative estimate of drug-likeness (QED) is 0.725. The van der Waals surface area contributed by atoms with Gasteiger partial charge in [0.25, 0.3) is 0 Å². The van der Waals surface area contributed by atoms with Crippen molar-refractivity contribution in [2.45, 2.75) is 64.0 Å². The van der Waals surface area contributed by atoms with E-state index in [1.165, 1.54) is 6.07 Å². The SMILES string of the molecule is CCCCCC(C)NS(=O)(=O)c1ccc(C)c(CO)c1. The van der Waals surface area contributed by atoms with E-state index in [1.807, 2.05) is 13.8 Å². The fourth-order valence-electron chi connectivity index (χ4n) is 2.08. The lowest BCUT2D eigenvalue weighted by atomic mass is 10.1. The van der Waals surface area contributed by atoms with Gasteiger partial charge in [-0.15, -0.1) is 0 Å². The van der Waals surface area contributed by atoms with Gasteiger partial charge in [0.2, 0.25) is 10.0 Å². The summed E-state index contributed by atoms with van der Waals surface area (Å²) in [4.78, 5) is 0.217. The fraction of sp³-hybridized carbons (Fsp3) is 0.600. The third kappa shape index (κ3) is 4.89. The van der Waals surface area contributed by atoms with Gasteiger partial charge in [-0.1, -0.05) is 32.3 Å². The van der Waals surface area contributed by atoms with Crippen molar-refractivity contribution >= 4 is 10.0 Å². The first-order valence-corrected chi connectivity index (χ1v) is 8.61. The summed E-state index contributed by atoms with van der Waals surface area (Å²) in [7, 11) is -3.51. The van der Waals surface area contributed by atoms with Crippen LogP contribution in [0.4, 0.5) is 0 Å². The van der Waals surface area contributed by atoms with Crippen molar-refractivity contribution in [2.24, 2.45) is 0 Å². The molecule has 0 aliphatic heterocycles. The molecular weight excluding hydrogens is 274 g/mol. The Bertz CT molecular complexity index is 526. The van der Waals surface area contributed by atoms with E-state index < -0.39 is 10.0 Å². The molecule has 0 saturated heterocycles. The van der Waals surface area contributed by atoms with Crippen LogP contribution in [0.25, 0.3) is 0 Å². The number of aliphatic hydroxyl groups excluding tert-OH is 1. The second kappa shape index (κ2) is 7.76. The molecule has 1 aromatic rings. The summed E-state index contributed by atoms with van der Waals surface area (Å²) in [6, 6.07) is 4.76. The molecule has 0 saturated carbocycles. The van der Waals surface area contributed by atoms with E-state index in [-0.39, 0.29) is 17.5 Å². The van der Waals surface area contributed by atoms with E-state index in [0.717, 1.165) is 31.2 Å². The Morgan fingerprint density at radius 1 is 1.30 bits per heavy atom. The normalized spacial score (nSPS) is 13.4. The highest BCUT2D eigenvalue weighted by molar-refractivity contribution is 7.89. The van der Waals surface area contributed by atoms with Crippen LogP contribution < -0.4 is 4.72 Å². The average molecular weight is 299 g/mol. The van der Waals surface area contributed by atoms with Crippen LogP contribution in [0.1, 0.15) is 50.7 Å². The van der Waals surface area contributed by atoms with Crippen LogP contribution in [-0.4, -0.2) is 19.6 Å². The van der Waals surface area contributed by atoms with Crippen molar-refractivity contribution in [3.63, 3.8) is 0 Å². The van der Waals surface area contributed by atoms with Crippen LogP contribution in [0.5, 0.6) is 0 Å². The Kier molecular flexibility index (Phi) is 6.65. The first-order valence-electron chi connectivity index (χ1n) is 7.13. The molecule has 1 unspecified atom stereocenters. The third-order valence-corrected chi connectivity index (χ3v) is 4.99. The lowest BCUT2D eigenvalue weighted by Crippen LogP contribution is -2.32. The molecule has 0 heterocycles. The zero-order valence-corrected chi connectivity index (χ0v) is 13.3. The maximum absolute atomic E-state index is 12.3. The molecule has 2 N–H and O–H groups in total. The lowest BCUT2D eigenvalue weighted by Gasteiger charge is -2.15. The number of aryl methyl sites for hydroxylation is 1. The second-order valence-electron chi connectivity index (χ2n) is 5.26. The fourth-order valence-corrected chi connectivity index (χ4v) is 3.41. The molecule has 0 spiro atoms. The van der Waals surface area contributed by atoms with Gasteiger partial charge < -0.3 is 5.11 Å². The molecule has 1 atom stereocenters. The molecular formula is C15H25NO3S. The van der Waals surface area contributed by atoms with E-state index in [9.17, 15) is 13.5 Å². The Morgan fingerprint density at radius 3 is 2.60 bits per heavy atom. The topological polar surface area (TPSA) is 66.4 Å². The molecule has 4 nitrogen and oxygen atoms in total. The maximum atomic E-state index is 12.3. The Hall–Kier alpha value is -0.910. The van der Waals surface area contributed by atoms with Gasteiger partial charge in [-0.3, -0.25) is 0 Å². The van der Waals surface area contributed by atoms with Gasteiger partial charge in [-0.05, 0) is 43.5 Å². The van der Waals surface area contributed by atoms with Gasteiger partial charge in [0.15, 0.2) is 0 Å². The highest BCUT2D eigenvalue weighted by Gasteiger charge is 2.17. The number of hydrogen-bond acceptors (Lipinski definition) is 3. The summed E-state index contributed by atoms with van der Waals surface area (Å²) in [6.45, 7) is 5.70. The average Bonchev–Trinajstić information content (AvgIpc) is 2.38. The van der Waals surface area contributed by atoms with Crippen LogP contribution in [0.2, 0.25) is 0 Å². The first-order chi connectivity index (χ1) is 9.40. The van der Waals surface area contributed by atoms with Crippen LogP contribution in [-0.2, 0) is 16.6 Å². The minimum Gasteiger partial charge on any atom is -0.392 e. The summed E-state index contributed by atoms with van der Waals surface area (Å²) in [5.74, 6) is 0. The highest BCUT2D eigenvalue weighted by atomic mass is 32.2. The predicted molar refractivity (Wildman–Crippen MR) is 81.0 cm³/mol. The molecule has 114 valence electrons. The molecule has 1 rings (SSSR count). The minimum absolute atomic E-state index is 0.0783. The van der Waals surface area contributed by atoms with Crippen LogP contribution in [0.15, 0.2) is 23.1 Å². The van der Waals surface area contributed by atoms with Crippen molar-refractivity contribution in [1.82, 2.24) is 4.72 Å². The van der Waals surface area contributed by atoms with Crippen molar-refractivity contribution in [3.8, 4) is 0 Å². The number of benzene rings is 1. The van der Waals surface area contributed by atoms with E-state index >= 15 is 0 Å². The lowest BCUT2D eigenvalue weighted by molar-refractivity contribution is 0.280. The zero-order valence-electron chi connectivity index (χ0n) is 12.5.